The molecule has 1 unspecified atom stereocenters. The second-order valence-corrected chi connectivity index (χ2v) is 4.52. The molecule has 1 aromatic carbocycles. The summed E-state index contributed by atoms with van der Waals surface area (Å²) in [6, 6.07) is 5.52. The molecule has 102 valence electrons. The van der Waals surface area contributed by atoms with E-state index in [9.17, 15) is 0 Å². The number of H-pyrrole nitrogens is 1. The van der Waals surface area contributed by atoms with E-state index in [0.29, 0.717) is 17.3 Å². The van der Waals surface area contributed by atoms with Crippen molar-refractivity contribution < 1.29 is 4.74 Å². The van der Waals surface area contributed by atoms with Crippen molar-refractivity contribution >= 4 is 11.4 Å². The van der Waals surface area contributed by atoms with E-state index in [1.165, 1.54) is 0 Å². The van der Waals surface area contributed by atoms with Gasteiger partial charge in [0.2, 0.25) is 0 Å². The van der Waals surface area contributed by atoms with Crippen molar-refractivity contribution in [1.82, 2.24) is 20.6 Å². The number of nitrogens with two attached hydrogens (primary N) is 1. The van der Waals surface area contributed by atoms with Crippen molar-refractivity contribution in [3.05, 3.63) is 24.0 Å². The molecule has 7 heteroatoms. The quantitative estimate of drug-likeness (QED) is 0.709. The number of nitrogen functional groups attached to an aromatic ring is 1. The first-order valence-corrected chi connectivity index (χ1v) is 6.13. The van der Waals surface area contributed by atoms with Crippen molar-refractivity contribution in [2.75, 3.05) is 11.1 Å². The third kappa shape index (κ3) is 3.12. The molecule has 1 heterocycles. The van der Waals surface area contributed by atoms with Gasteiger partial charge in [0, 0.05) is 0 Å². The molecule has 2 aromatic rings. The van der Waals surface area contributed by atoms with E-state index in [1.54, 1.807) is 0 Å². The number of rotatable bonds is 5. The third-order valence-electron chi connectivity index (χ3n) is 2.55. The van der Waals surface area contributed by atoms with Gasteiger partial charge in [0.1, 0.15) is 5.75 Å². The highest BCUT2D eigenvalue weighted by molar-refractivity contribution is 5.73. The maximum Gasteiger partial charge on any atom is 0.196 e. The molecule has 0 aliphatic rings. The zero-order chi connectivity index (χ0) is 13.8. The molecule has 2 rings (SSSR count). The van der Waals surface area contributed by atoms with Crippen LogP contribution in [0.4, 0.5) is 11.4 Å². The predicted molar refractivity (Wildman–Crippen MR) is 72.8 cm³/mol. The lowest BCUT2D eigenvalue weighted by Gasteiger charge is -2.17. The molecule has 0 amide bonds. The molecular formula is C12H18N6O. The maximum atomic E-state index is 6.08. The number of aromatic nitrogens is 4. The summed E-state index contributed by atoms with van der Waals surface area (Å²) in [7, 11) is 0. The van der Waals surface area contributed by atoms with Crippen LogP contribution in [0.2, 0.25) is 0 Å². The second-order valence-electron chi connectivity index (χ2n) is 4.52. The van der Waals surface area contributed by atoms with Crippen molar-refractivity contribution in [3.8, 4) is 5.75 Å². The van der Waals surface area contributed by atoms with Gasteiger partial charge in [-0.05, 0) is 32.9 Å². The summed E-state index contributed by atoms with van der Waals surface area (Å²) in [5.41, 5.74) is 7.44. The Bertz CT molecular complexity index is 525. The molecule has 0 saturated heterocycles. The Morgan fingerprint density at radius 3 is 2.74 bits per heavy atom. The zero-order valence-electron chi connectivity index (χ0n) is 11.2. The first-order valence-electron chi connectivity index (χ1n) is 6.13. The number of tetrazole rings is 1. The molecule has 1 atom stereocenters. The highest BCUT2D eigenvalue weighted by Crippen LogP contribution is 2.31. The predicted octanol–water partition coefficient (Wildman–Crippen LogP) is 1.74. The van der Waals surface area contributed by atoms with Gasteiger partial charge in [-0.25, -0.2) is 0 Å². The minimum absolute atomic E-state index is 0.0761. The van der Waals surface area contributed by atoms with Crippen LogP contribution in [-0.2, 0) is 0 Å². The van der Waals surface area contributed by atoms with Crippen LogP contribution >= 0.6 is 0 Å². The van der Waals surface area contributed by atoms with Gasteiger partial charge < -0.3 is 15.8 Å². The lowest BCUT2D eigenvalue weighted by Crippen LogP contribution is -2.12. The smallest absolute Gasteiger partial charge is 0.196 e. The molecule has 7 nitrogen and oxygen atoms in total. The van der Waals surface area contributed by atoms with Crippen LogP contribution in [-0.4, -0.2) is 26.7 Å². The largest absolute Gasteiger partial charge is 0.489 e. The monoisotopic (exact) mass is 262 g/mol. The van der Waals surface area contributed by atoms with E-state index in [1.807, 2.05) is 39.0 Å². The van der Waals surface area contributed by atoms with Crippen LogP contribution in [0.3, 0.4) is 0 Å². The Hall–Kier alpha value is -2.31. The van der Waals surface area contributed by atoms with Gasteiger partial charge in [-0.1, -0.05) is 11.3 Å². The van der Waals surface area contributed by atoms with Crippen LogP contribution < -0.4 is 15.8 Å². The fourth-order valence-corrected chi connectivity index (χ4v) is 1.68. The van der Waals surface area contributed by atoms with Crippen molar-refractivity contribution in [1.29, 1.82) is 0 Å². The topological polar surface area (TPSA) is 102 Å². The summed E-state index contributed by atoms with van der Waals surface area (Å²) in [4.78, 5) is 0. The molecule has 1 aromatic heterocycles. The molecule has 4 N–H and O–H groups in total. The molecular weight excluding hydrogens is 244 g/mol. The normalized spacial score (nSPS) is 12.4. The Morgan fingerprint density at radius 2 is 2.11 bits per heavy atom. The van der Waals surface area contributed by atoms with Crippen molar-refractivity contribution in [3.63, 3.8) is 0 Å². The number of hydrogen-bond donors (Lipinski definition) is 3. The Labute approximate surface area is 111 Å². The maximum absolute atomic E-state index is 6.08. The van der Waals surface area contributed by atoms with Crippen LogP contribution in [0.1, 0.15) is 32.6 Å². The third-order valence-corrected chi connectivity index (χ3v) is 2.55. The number of ether oxygens (including phenoxy) is 1. The van der Waals surface area contributed by atoms with Gasteiger partial charge in [-0.15, -0.1) is 10.2 Å². The van der Waals surface area contributed by atoms with Crippen LogP contribution in [0.15, 0.2) is 18.2 Å². The van der Waals surface area contributed by atoms with Gasteiger partial charge in [0.25, 0.3) is 0 Å². The number of nitrogens with zero attached hydrogens (tertiary/aromatic N) is 3. The molecule has 0 spiro atoms. The molecule has 19 heavy (non-hydrogen) atoms. The number of anilines is 2. The zero-order valence-corrected chi connectivity index (χ0v) is 11.2. The van der Waals surface area contributed by atoms with E-state index in [-0.39, 0.29) is 12.1 Å². The van der Waals surface area contributed by atoms with E-state index in [0.717, 1.165) is 5.69 Å². The lowest BCUT2D eigenvalue weighted by atomic mass is 10.2. The summed E-state index contributed by atoms with van der Waals surface area (Å²) < 4.78 is 5.64. The highest BCUT2D eigenvalue weighted by Gasteiger charge is 2.13. The Morgan fingerprint density at radius 1 is 1.32 bits per heavy atom. The average Bonchev–Trinajstić information content (AvgIpc) is 2.87. The van der Waals surface area contributed by atoms with Gasteiger partial charge in [-0.3, -0.25) is 0 Å². The first kappa shape index (κ1) is 13.1. The van der Waals surface area contributed by atoms with E-state index < -0.39 is 0 Å². The van der Waals surface area contributed by atoms with Crippen molar-refractivity contribution in [2.45, 2.75) is 32.9 Å². The summed E-state index contributed by atoms with van der Waals surface area (Å²) in [5.74, 6) is 1.25. The molecule has 0 aliphatic carbocycles. The summed E-state index contributed by atoms with van der Waals surface area (Å²) in [5, 5.41) is 17.1. The van der Waals surface area contributed by atoms with Gasteiger partial charge in [-0.2, -0.15) is 5.21 Å². The molecule has 0 radical (unpaired) electrons. The molecule has 0 aliphatic heterocycles. The minimum Gasteiger partial charge on any atom is -0.489 e. The van der Waals surface area contributed by atoms with Crippen LogP contribution in [0, 0.1) is 0 Å². The number of benzene rings is 1. The van der Waals surface area contributed by atoms with Gasteiger partial charge in [0.15, 0.2) is 5.82 Å². The standard InChI is InChI=1S/C12H18N6O/c1-7(2)19-10-6-4-5-9(11(10)13)14-8(3)12-15-17-18-16-12/h4-8,14H,13H2,1-3H3,(H,15,16,17,18). The van der Waals surface area contributed by atoms with E-state index in [2.05, 4.69) is 25.9 Å². The molecule has 0 fully saturated rings. The van der Waals surface area contributed by atoms with Gasteiger partial charge in [0.05, 0.1) is 23.5 Å². The first-order chi connectivity index (χ1) is 9.08. The van der Waals surface area contributed by atoms with Crippen LogP contribution in [0.5, 0.6) is 5.75 Å². The highest BCUT2D eigenvalue weighted by atomic mass is 16.5. The number of para-hydroxylation sites is 1. The van der Waals surface area contributed by atoms with Gasteiger partial charge >= 0.3 is 0 Å². The summed E-state index contributed by atoms with van der Waals surface area (Å²) >= 11 is 0. The summed E-state index contributed by atoms with van der Waals surface area (Å²) in [6.07, 6.45) is 0.0761. The van der Waals surface area contributed by atoms with E-state index in [4.69, 9.17) is 10.5 Å². The summed E-state index contributed by atoms with van der Waals surface area (Å²) in [6.45, 7) is 5.85. The lowest BCUT2D eigenvalue weighted by molar-refractivity contribution is 0.244. The van der Waals surface area contributed by atoms with Crippen LogP contribution in [0.25, 0.3) is 0 Å². The average molecular weight is 262 g/mol. The fourth-order valence-electron chi connectivity index (χ4n) is 1.68. The molecule has 0 saturated carbocycles. The number of nitrogens with one attached hydrogen (secondary N) is 2. The Kier molecular flexibility index (Phi) is 3.84. The number of hydrogen-bond acceptors (Lipinski definition) is 6. The SMILES string of the molecule is CC(C)Oc1cccc(NC(C)c2nn[nH]n2)c1N. The minimum atomic E-state index is -0.102. The number of aromatic amines is 1. The second kappa shape index (κ2) is 5.55. The van der Waals surface area contributed by atoms with Crippen molar-refractivity contribution in [2.24, 2.45) is 0 Å². The molecule has 0 bridgehead atoms. The van der Waals surface area contributed by atoms with E-state index >= 15 is 0 Å². The Balaban J connectivity index is 2.16. The fraction of sp³-hybridized carbons (Fsp3) is 0.417.